The van der Waals surface area contributed by atoms with E-state index in [0.717, 1.165) is 0 Å². The van der Waals surface area contributed by atoms with Crippen LogP contribution in [-0.4, -0.2) is 23.4 Å². The minimum absolute atomic E-state index is 0.365. The Morgan fingerprint density at radius 1 is 1.50 bits per heavy atom. The van der Waals surface area contributed by atoms with Gasteiger partial charge in [-0.05, 0) is 0 Å². The molecule has 1 N–H and O–H groups in total. The summed E-state index contributed by atoms with van der Waals surface area (Å²) in [5.74, 6) is 0.678. The Balaban J connectivity index is 2.61. The SMILES string of the molecule is CN1NC=Nc2c(Cl)ncnc21. The number of aliphatic imine (C=N–C) groups is 1. The number of hydrogen-bond acceptors (Lipinski definition) is 5. The van der Waals surface area contributed by atoms with Crippen LogP contribution in [0.3, 0.4) is 0 Å². The first-order valence-corrected chi connectivity index (χ1v) is 3.70. The molecule has 5 nitrogen and oxygen atoms in total. The molecule has 0 saturated carbocycles. The molecular weight excluding hydrogens is 178 g/mol. The Bertz CT molecular complexity index is 337. The van der Waals surface area contributed by atoms with Crippen molar-refractivity contribution in [3.05, 3.63) is 11.5 Å². The highest BCUT2D eigenvalue weighted by Crippen LogP contribution is 2.31. The molecule has 0 atom stereocenters. The molecule has 0 unspecified atom stereocenters. The van der Waals surface area contributed by atoms with Crippen LogP contribution < -0.4 is 10.4 Å². The zero-order valence-electron chi connectivity index (χ0n) is 6.32. The van der Waals surface area contributed by atoms with Crippen LogP contribution in [-0.2, 0) is 0 Å². The van der Waals surface area contributed by atoms with Gasteiger partial charge in [-0.25, -0.2) is 15.0 Å². The Morgan fingerprint density at radius 3 is 3.08 bits per heavy atom. The van der Waals surface area contributed by atoms with Crippen LogP contribution in [0.15, 0.2) is 11.3 Å². The molecule has 0 fully saturated rings. The van der Waals surface area contributed by atoms with Gasteiger partial charge < -0.3 is 0 Å². The van der Waals surface area contributed by atoms with Crippen LogP contribution in [0.1, 0.15) is 0 Å². The Hall–Kier alpha value is -1.36. The van der Waals surface area contributed by atoms with Gasteiger partial charge in [0.05, 0.1) is 0 Å². The van der Waals surface area contributed by atoms with Crippen molar-refractivity contribution in [2.45, 2.75) is 0 Å². The first-order valence-electron chi connectivity index (χ1n) is 3.32. The predicted molar refractivity (Wildman–Crippen MR) is 46.7 cm³/mol. The molecule has 1 aromatic heterocycles. The van der Waals surface area contributed by atoms with Crippen molar-refractivity contribution < 1.29 is 0 Å². The topological polar surface area (TPSA) is 53.4 Å². The van der Waals surface area contributed by atoms with Gasteiger partial charge in [-0.2, -0.15) is 0 Å². The number of anilines is 1. The largest absolute Gasteiger partial charge is 0.287 e. The van der Waals surface area contributed by atoms with E-state index in [1.165, 1.54) is 12.7 Å². The molecule has 0 saturated heterocycles. The number of rotatable bonds is 0. The lowest BCUT2D eigenvalue weighted by atomic mass is 10.4. The molecule has 0 aliphatic carbocycles. The lowest BCUT2D eigenvalue weighted by molar-refractivity contribution is 0.850. The van der Waals surface area contributed by atoms with Crippen LogP contribution in [0.2, 0.25) is 5.15 Å². The van der Waals surface area contributed by atoms with E-state index in [1.807, 2.05) is 7.05 Å². The average molecular weight is 184 g/mol. The van der Waals surface area contributed by atoms with Crippen molar-refractivity contribution in [2.75, 3.05) is 12.1 Å². The maximum atomic E-state index is 5.79. The summed E-state index contributed by atoms with van der Waals surface area (Å²) < 4.78 is 0. The number of halogens is 1. The molecule has 0 bridgehead atoms. The average Bonchev–Trinajstić information content (AvgIpc) is 2.07. The molecule has 6 heteroatoms. The number of nitrogens with one attached hydrogen (secondary N) is 1. The third-order valence-electron chi connectivity index (χ3n) is 1.52. The first kappa shape index (κ1) is 7.30. The minimum Gasteiger partial charge on any atom is -0.287 e. The second kappa shape index (κ2) is 2.60. The molecule has 0 amide bonds. The van der Waals surface area contributed by atoms with Gasteiger partial charge >= 0.3 is 0 Å². The van der Waals surface area contributed by atoms with E-state index < -0.39 is 0 Å². The van der Waals surface area contributed by atoms with Crippen molar-refractivity contribution in [3.63, 3.8) is 0 Å². The lowest BCUT2D eigenvalue weighted by Crippen LogP contribution is -2.35. The van der Waals surface area contributed by atoms with Gasteiger partial charge in [-0.3, -0.25) is 10.4 Å². The summed E-state index contributed by atoms with van der Waals surface area (Å²) in [5.41, 5.74) is 3.46. The molecule has 62 valence electrons. The predicted octanol–water partition coefficient (Wildman–Crippen LogP) is 0.744. The zero-order valence-corrected chi connectivity index (χ0v) is 7.08. The van der Waals surface area contributed by atoms with Gasteiger partial charge in [0.1, 0.15) is 18.4 Å². The van der Waals surface area contributed by atoms with Gasteiger partial charge in [-0.1, -0.05) is 11.6 Å². The zero-order chi connectivity index (χ0) is 8.55. The summed E-state index contributed by atoms with van der Waals surface area (Å²) in [6, 6.07) is 0. The van der Waals surface area contributed by atoms with Crippen molar-refractivity contribution in [1.29, 1.82) is 0 Å². The molecule has 0 radical (unpaired) electrons. The summed E-state index contributed by atoms with van der Waals surface area (Å²) in [4.78, 5) is 11.8. The fourth-order valence-electron chi connectivity index (χ4n) is 0.946. The first-order chi connectivity index (χ1) is 5.79. The number of fused-ring (bicyclic) bond motifs is 1. The summed E-state index contributed by atoms with van der Waals surface area (Å²) in [5, 5.41) is 2.08. The van der Waals surface area contributed by atoms with E-state index in [-0.39, 0.29) is 0 Å². The molecule has 12 heavy (non-hydrogen) atoms. The van der Waals surface area contributed by atoms with E-state index in [9.17, 15) is 0 Å². The summed E-state index contributed by atoms with van der Waals surface area (Å²) in [6.07, 6.45) is 2.94. The maximum absolute atomic E-state index is 5.79. The second-order valence-corrected chi connectivity index (χ2v) is 2.64. The molecule has 1 aliphatic rings. The van der Waals surface area contributed by atoms with Crippen LogP contribution in [0, 0.1) is 0 Å². The third-order valence-corrected chi connectivity index (χ3v) is 1.80. The van der Waals surface area contributed by atoms with Crippen molar-refractivity contribution in [3.8, 4) is 0 Å². The molecule has 1 aliphatic heterocycles. The normalized spacial score (nSPS) is 14.0. The molecule has 0 aromatic carbocycles. The standard InChI is InChI=1S/C6H6ClN5/c1-12-6-4(8-3-11-12)5(7)9-2-10-6/h2-3H,1H3,(H,8,11). The van der Waals surface area contributed by atoms with Gasteiger partial charge in [0, 0.05) is 7.05 Å². The minimum atomic E-state index is 0.365. The monoisotopic (exact) mass is 183 g/mol. The summed E-state index contributed by atoms with van der Waals surface area (Å²) in [7, 11) is 1.83. The molecular formula is C6H6ClN5. The van der Waals surface area contributed by atoms with Crippen LogP contribution in [0.4, 0.5) is 11.5 Å². The molecule has 0 spiro atoms. The maximum Gasteiger partial charge on any atom is 0.177 e. The number of hydrazine groups is 1. The Labute approximate surface area is 74.1 Å². The Morgan fingerprint density at radius 2 is 2.33 bits per heavy atom. The summed E-state index contributed by atoms with van der Waals surface area (Å²) in [6.45, 7) is 0. The van der Waals surface area contributed by atoms with Crippen molar-refractivity contribution >= 4 is 29.4 Å². The van der Waals surface area contributed by atoms with Crippen LogP contribution in [0.5, 0.6) is 0 Å². The van der Waals surface area contributed by atoms with E-state index in [4.69, 9.17) is 11.6 Å². The van der Waals surface area contributed by atoms with Crippen LogP contribution in [0.25, 0.3) is 0 Å². The van der Waals surface area contributed by atoms with Gasteiger partial charge in [0.25, 0.3) is 0 Å². The fourth-order valence-corrected chi connectivity index (χ4v) is 1.12. The van der Waals surface area contributed by atoms with E-state index in [1.54, 1.807) is 5.01 Å². The quantitative estimate of drug-likeness (QED) is 0.603. The van der Waals surface area contributed by atoms with E-state index in [2.05, 4.69) is 20.4 Å². The highest BCUT2D eigenvalue weighted by Gasteiger charge is 2.14. The summed E-state index contributed by atoms with van der Waals surface area (Å²) >= 11 is 5.79. The van der Waals surface area contributed by atoms with E-state index in [0.29, 0.717) is 16.7 Å². The molecule has 2 rings (SSSR count). The number of nitrogens with zero attached hydrogens (tertiary/aromatic N) is 4. The molecule has 1 aromatic rings. The number of hydrogen-bond donors (Lipinski definition) is 1. The van der Waals surface area contributed by atoms with Crippen molar-refractivity contribution in [1.82, 2.24) is 15.4 Å². The van der Waals surface area contributed by atoms with E-state index >= 15 is 0 Å². The van der Waals surface area contributed by atoms with Crippen LogP contribution >= 0.6 is 11.6 Å². The third kappa shape index (κ3) is 0.984. The second-order valence-electron chi connectivity index (χ2n) is 2.28. The highest BCUT2D eigenvalue weighted by atomic mass is 35.5. The molecule has 2 heterocycles. The van der Waals surface area contributed by atoms with Gasteiger partial charge in [0.2, 0.25) is 0 Å². The lowest BCUT2D eigenvalue weighted by Gasteiger charge is -2.22. The van der Waals surface area contributed by atoms with Gasteiger partial charge in [-0.15, -0.1) is 0 Å². The van der Waals surface area contributed by atoms with Crippen molar-refractivity contribution in [2.24, 2.45) is 4.99 Å². The fraction of sp³-hybridized carbons (Fsp3) is 0.167. The number of aromatic nitrogens is 2. The highest BCUT2D eigenvalue weighted by molar-refractivity contribution is 6.32. The smallest absolute Gasteiger partial charge is 0.177 e. The Kier molecular flexibility index (Phi) is 1.58. The van der Waals surface area contributed by atoms with Gasteiger partial charge in [0.15, 0.2) is 11.0 Å².